The third-order valence-electron chi connectivity index (χ3n) is 5.59. The number of carbonyl (C=O) groups excluding carboxylic acids is 1. The second-order valence-corrected chi connectivity index (χ2v) is 8.32. The van der Waals surface area contributed by atoms with E-state index in [4.69, 9.17) is 9.73 Å². The first-order valence-electron chi connectivity index (χ1n) is 10.9. The van der Waals surface area contributed by atoms with Gasteiger partial charge in [-0.05, 0) is 56.4 Å². The zero-order valence-corrected chi connectivity index (χ0v) is 20.7. The Morgan fingerprint density at radius 2 is 1.90 bits per heavy atom. The van der Waals surface area contributed by atoms with E-state index in [0.29, 0.717) is 24.0 Å². The van der Waals surface area contributed by atoms with Gasteiger partial charge in [-0.15, -0.1) is 0 Å². The lowest BCUT2D eigenvalue weighted by Crippen LogP contribution is -2.48. The molecule has 0 radical (unpaired) electrons. The van der Waals surface area contributed by atoms with Crippen LogP contribution >= 0.6 is 0 Å². The van der Waals surface area contributed by atoms with Crippen LogP contribution in [0, 0.1) is 11.8 Å². The third-order valence-corrected chi connectivity index (χ3v) is 5.59. The average molecular weight is 429 g/mol. The second kappa shape index (κ2) is 12.3. The van der Waals surface area contributed by atoms with Crippen LogP contribution in [0.15, 0.2) is 57.9 Å². The second-order valence-electron chi connectivity index (χ2n) is 8.32. The molecule has 1 amide bonds. The van der Waals surface area contributed by atoms with Gasteiger partial charge < -0.3 is 14.5 Å². The van der Waals surface area contributed by atoms with E-state index in [9.17, 15) is 4.79 Å². The molecule has 0 aromatic rings. The lowest BCUT2D eigenvalue weighted by molar-refractivity contribution is -0.136. The van der Waals surface area contributed by atoms with Gasteiger partial charge in [0.15, 0.2) is 5.84 Å². The molecule has 0 N–H and O–H groups in total. The highest BCUT2D eigenvalue weighted by molar-refractivity contribution is 6.06. The Morgan fingerprint density at radius 3 is 2.39 bits per heavy atom. The first-order chi connectivity index (χ1) is 14.5. The molecular weight excluding hydrogens is 388 g/mol. The lowest BCUT2D eigenvalue weighted by atomic mass is 9.86. The van der Waals surface area contributed by atoms with Gasteiger partial charge in [-0.25, -0.2) is 9.98 Å². The number of piperidine rings is 1. The summed E-state index contributed by atoms with van der Waals surface area (Å²) in [6.07, 6.45) is 5.49. The number of methoxy groups -OCH3 is 1. The van der Waals surface area contributed by atoms with Crippen molar-refractivity contribution in [1.82, 2.24) is 9.80 Å². The molecule has 6 heteroatoms. The van der Waals surface area contributed by atoms with Gasteiger partial charge in [0.25, 0.3) is 0 Å². The number of likely N-dealkylation sites (tertiary alicyclic amines) is 1. The molecule has 6 nitrogen and oxygen atoms in total. The molecule has 0 saturated carbocycles. The Hall–Kier alpha value is -2.63. The SMILES string of the molecule is C=C(C)C(=NC(=C)/C(C)=C/C(=CC)OC)N=C(CC)N1CCC(C)C(C(=O)N(C)C)C1. The Labute approximate surface area is 188 Å². The molecule has 1 rings (SSSR count). The van der Waals surface area contributed by atoms with Crippen LogP contribution in [0.4, 0.5) is 0 Å². The van der Waals surface area contributed by atoms with Gasteiger partial charge in [-0.2, -0.15) is 0 Å². The highest BCUT2D eigenvalue weighted by Gasteiger charge is 2.33. The summed E-state index contributed by atoms with van der Waals surface area (Å²) in [5.74, 6) is 2.73. The van der Waals surface area contributed by atoms with E-state index in [1.807, 2.05) is 47.0 Å². The van der Waals surface area contributed by atoms with Crippen molar-refractivity contribution >= 4 is 17.6 Å². The van der Waals surface area contributed by atoms with Crippen molar-refractivity contribution in [2.45, 2.75) is 47.5 Å². The number of ether oxygens (including phenoxy) is 1. The molecule has 1 heterocycles. The van der Waals surface area contributed by atoms with Gasteiger partial charge in [0.05, 0.1) is 18.7 Å². The van der Waals surface area contributed by atoms with E-state index in [1.54, 1.807) is 12.0 Å². The van der Waals surface area contributed by atoms with Crippen LogP contribution in [0.3, 0.4) is 0 Å². The summed E-state index contributed by atoms with van der Waals surface area (Å²) >= 11 is 0. The molecule has 0 bridgehead atoms. The summed E-state index contributed by atoms with van der Waals surface area (Å²) in [5, 5.41) is 0. The van der Waals surface area contributed by atoms with E-state index in [0.717, 1.165) is 42.1 Å². The van der Waals surface area contributed by atoms with Gasteiger partial charge >= 0.3 is 0 Å². The molecule has 1 aliphatic heterocycles. The summed E-state index contributed by atoms with van der Waals surface area (Å²) in [6, 6.07) is 0. The molecule has 2 atom stereocenters. The van der Waals surface area contributed by atoms with Crippen molar-refractivity contribution < 1.29 is 9.53 Å². The number of allylic oxidation sites excluding steroid dienone is 3. The van der Waals surface area contributed by atoms with E-state index >= 15 is 0 Å². The van der Waals surface area contributed by atoms with Crippen LogP contribution in [0.25, 0.3) is 0 Å². The molecule has 0 aliphatic carbocycles. The van der Waals surface area contributed by atoms with Crippen LogP contribution in [0.1, 0.15) is 47.5 Å². The number of hydrogen-bond donors (Lipinski definition) is 0. The summed E-state index contributed by atoms with van der Waals surface area (Å²) < 4.78 is 5.30. The molecule has 0 spiro atoms. The van der Waals surface area contributed by atoms with Crippen LogP contribution in [-0.4, -0.2) is 61.7 Å². The Balaban J connectivity index is 3.20. The van der Waals surface area contributed by atoms with Crippen molar-refractivity contribution in [3.8, 4) is 0 Å². The maximum atomic E-state index is 12.6. The smallest absolute Gasteiger partial charge is 0.227 e. The predicted molar refractivity (Wildman–Crippen MR) is 131 cm³/mol. The fourth-order valence-electron chi connectivity index (χ4n) is 3.44. The van der Waals surface area contributed by atoms with E-state index in [1.165, 1.54) is 0 Å². The number of aliphatic imine (C=N–C) groups is 2. The number of rotatable bonds is 7. The standard InChI is InChI=1S/C25H40N4O2/c1-11-21(31-10)15-19(6)20(7)26-24(17(3)4)27-23(12-2)29-14-13-18(5)22(16-29)25(30)28(8)9/h11,15,18,22H,3,7,12-14,16H2,1-2,4-6,8-10H3/b19-15+,21-11?,26-24?,27-23?. The minimum absolute atomic E-state index is 0.0286. The predicted octanol–water partition coefficient (Wildman–Crippen LogP) is 4.83. The van der Waals surface area contributed by atoms with Gasteiger partial charge in [0.1, 0.15) is 11.6 Å². The third kappa shape index (κ3) is 7.53. The van der Waals surface area contributed by atoms with Crippen molar-refractivity contribution in [2.24, 2.45) is 21.8 Å². The Morgan fingerprint density at radius 1 is 1.26 bits per heavy atom. The van der Waals surface area contributed by atoms with E-state index < -0.39 is 0 Å². The number of carbonyl (C=O) groups is 1. The van der Waals surface area contributed by atoms with Gasteiger partial charge in [-0.1, -0.05) is 27.0 Å². The van der Waals surface area contributed by atoms with Gasteiger partial charge in [-0.3, -0.25) is 4.79 Å². The van der Waals surface area contributed by atoms with Crippen LogP contribution < -0.4 is 0 Å². The lowest BCUT2D eigenvalue weighted by Gasteiger charge is -2.38. The number of nitrogens with zero attached hydrogens (tertiary/aromatic N) is 4. The molecule has 1 aliphatic rings. The molecule has 2 unspecified atom stereocenters. The normalized spacial score (nSPS) is 21.1. The maximum Gasteiger partial charge on any atom is 0.227 e. The van der Waals surface area contributed by atoms with E-state index in [2.05, 4.69) is 36.9 Å². The van der Waals surface area contributed by atoms with Gasteiger partial charge in [0, 0.05) is 33.6 Å². The first kappa shape index (κ1) is 26.4. The summed E-state index contributed by atoms with van der Waals surface area (Å²) in [4.78, 5) is 26.1. The average Bonchev–Trinajstić information content (AvgIpc) is 2.74. The molecule has 1 fully saturated rings. The van der Waals surface area contributed by atoms with E-state index in [-0.39, 0.29) is 11.8 Å². The zero-order valence-electron chi connectivity index (χ0n) is 20.7. The van der Waals surface area contributed by atoms with Crippen molar-refractivity contribution in [3.63, 3.8) is 0 Å². The largest absolute Gasteiger partial charge is 0.497 e. The fourth-order valence-corrected chi connectivity index (χ4v) is 3.44. The Bertz CT molecular complexity index is 802. The Kier molecular flexibility index (Phi) is 10.5. The molecule has 172 valence electrons. The molecule has 0 aromatic carbocycles. The minimum atomic E-state index is -0.0286. The van der Waals surface area contributed by atoms with Crippen molar-refractivity contribution in [2.75, 3.05) is 34.3 Å². The molecular formula is C25H40N4O2. The van der Waals surface area contributed by atoms with Crippen molar-refractivity contribution in [1.29, 1.82) is 0 Å². The fraction of sp³-hybridized carbons (Fsp3) is 0.560. The number of amides is 1. The highest BCUT2D eigenvalue weighted by atomic mass is 16.5. The van der Waals surface area contributed by atoms with Crippen molar-refractivity contribution in [3.05, 3.63) is 47.9 Å². The number of hydrogen-bond acceptors (Lipinski definition) is 3. The monoisotopic (exact) mass is 428 g/mol. The maximum absolute atomic E-state index is 12.6. The summed E-state index contributed by atoms with van der Waals surface area (Å²) in [7, 11) is 5.27. The first-order valence-corrected chi connectivity index (χ1v) is 10.9. The summed E-state index contributed by atoms with van der Waals surface area (Å²) in [6.45, 7) is 19.7. The molecule has 31 heavy (non-hydrogen) atoms. The highest BCUT2D eigenvalue weighted by Crippen LogP contribution is 2.25. The summed E-state index contributed by atoms with van der Waals surface area (Å²) in [5.41, 5.74) is 2.27. The number of amidine groups is 2. The quantitative estimate of drug-likeness (QED) is 0.253. The molecule has 1 saturated heterocycles. The topological polar surface area (TPSA) is 57.5 Å². The zero-order chi connectivity index (χ0) is 23.7. The van der Waals surface area contributed by atoms with Gasteiger partial charge in [0.2, 0.25) is 5.91 Å². The molecule has 0 aromatic heterocycles. The van der Waals surface area contributed by atoms with Crippen LogP contribution in [0.2, 0.25) is 0 Å². The van der Waals surface area contributed by atoms with Crippen LogP contribution in [0.5, 0.6) is 0 Å². The van der Waals surface area contributed by atoms with Crippen LogP contribution in [-0.2, 0) is 9.53 Å². The minimum Gasteiger partial charge on any atom is -0.497 e.